The van der Waals surface area contributed by atoms with Gasteiger partial charge in [-0.1, -0.05) is 26.8 Å². The number of rotatable bonds is 5. The number of pyridine rings is 4. The summed E-state index contributed by atoms with van der Waals surface area (Å²) in [4.78, 5) is 38.6. The van der Waals surface area contributed by atoms with Crippen LogP contribution in [-0.4, -0.2) is 46.0 Å². The molecule has 3 N–H and O–H groups in total. The van der Waals surface area contributed by atoms with Crippen molar-refractivity contribution in [3.63, 3.8) is 0 Å². The molecule has 0 aliphatic heterocycles. The number of carbonyl (C=O) groups excluding carboxylic acids is 1. The van der Waals surface area contributed by atoms with Crippen molar-refractivity contribution < 1.29 is 4.79 Å². The van der Waals surface area contributed by atoms with E-state index in [1.165, 1.54) is 0 Å². The van der Waals surface area contributed by atoms with E-state index in [-0.39, 0.29) is 11.3 Å². The number of hydrogen-bond donors (Lipinski definition) is 3. The van der Waals surface area contributed by atoms with Gasteiger partial charge in [-0.3, -0.25) is 24.8 Å². The van der Waals surface area contributed by atoms with E-state index in [2.05, 4.69) is 35.5 Å². The van der Waals surface area contributed by atoms with Crippen LogP contribution in [-0.2, 0) is 4.79 Å². The molecule has 6 aromatic rings. The maximum absolute atomic E-state index is 12.4. The average molecular weight is 504 g/mol. The number of aromatic amines is 2. The third-order valence-electron chi connectivity index (χ3n) is 5.98. The molecular weight excluding hydrogens is 478 g/mol. The van der Waals surface area contributed by atoms with Crippen molar-refractivity contribution in [1.82, 2.24) is 40.1 Å². The lowest BCUT2D eigenvalue weighted by molar-refractivity contribution is -0.117. The van der Waals surface area contributed by atoms with Crippen LogP contribution < -0.4 is 5.32 Å². The van der Waals surface area contributed by atoms with Gasteiger partial charge < -0.3 is 10.3 Å². The number of anilines is 1. The molecule has 6 heterocycles. The van der Waals surface area contributed by atoms with Crippen LogP contribution in [0.15, 0.2) is 67.4 Å². The van der Waals surface area contributed by atoms with Gasteiger partial charge in [0, 0.05) is 36.1 Å². The first-order chi connectivity index (χ1) is 18.3. The van der Waals surface area contributed by atoms with Gasteiger partial charge >= 0.3 is 0 Å². The molecule has 0 atom stereocenters. The molecule has 38 heavy (non-hydrogen) atoms. The number of nitrogens with one attached hydrogen (secondary N) is 3. The summed E-state index contributed by atoms with van der Waals surface area (Å²) in [7, 11) is 0. The second kappa shape index (κ2) is 9.15. The lowest BCUT2D eigenvalue weighted by Gasteiger charge is -2.17. The van der Waals surface area contributed by atoms with Crippen LogP contribution in [0.3, 0.4) is 0 Å². The van der Waals surface area contributed by atoms with Crippen LogP contribution in [0.2, 0.25) is 0 Å². The highest BCUT2D eigenvalue weighted by molar-refractivity contribution is 5.95. The van der Waals surface area contributed by atoms with E-state index in [1.807, 2.05) is 57.2 Å². The third-order valence-corrected chi connectivity index (χ3v) is 5.98. The standard InChI is InChI=1S/C28H25N9O/c1-28(2,3)11-23(38)32-17-10-16(12-29-13-17)19-7-8-21-25(33-19)26(37-36-21)27-34-22-15-30-14-18(24(22)35-27)20-6-4-5-9-31-20/h4-10,12-15H,11H2,1-3H3,(H,32,38)(H,34,35)(H,36,37). The number of amides is 1. The summed E-state index contributed by atoms with van der Waals surface area (Å²) < 4.78 is 0. The Morgan fingerprint density at radius 3 is 2.61 bits per heavy atom. The van der Waals surface area contributed by atoms with E-state index in [0.29, 0.717) is 34.8 Å². The Kier molecular flexibility index (Phi) is 5.64. The highest BCUT2D eigenvalue weighted by atomic mass is 16.1. The molecule has 0 aliphatic carbocycles. The first-order valence-corrected chi connectivity index (χ1v) is 12.2. The van der Waals surface area contributed by atoms with Crippen molar-refractivity contribution in [1.29, 1.82) is 0 Å². The van der Waals surface area contributed by atoms with E-state index < -0.39 is 0 Å². The zero-order valence-corrected chi connectivity index (χ0v) is 21.1. The number of nitrogens with zero attached hydrogens (tertiary/aromatic N) is 6. The number of hydrogen-bond acceptors (Lipinski definition) is 7. The summed E-state index contributed by atoms with van der Waals surface area (Å²) in [5.74, 6) is 0.517. The van der Waals surface area contributed by atoms with Crippen LogP contribution in [0.1, 0.15) is 27.2 Å². The molecule has 0 aromatic carbocycles. The van der Waals surface area contributed by atoms with Gasteiger partial charge in [-0.15, -0.1) is 0 Å². The summed E-state index contributed by atoms with van der Waals surface area (Å²) in [5, 5.41) is 10.5. The minimum atomic E-state index is -0.107. The minimum Gasteiger partial charge on any atom is -0.335 e. The molecule has 6 rings (SSSR count). The van der Waals surface area contributed by atoms with Crippen molar-refractivity contribution in [3.8, 4) is 34.0 Å². The molecule has 0 aliphatic rings. The zero-order valence-electron chi connectivity index (χ0n) is 21.1. The van der Waals surface area contributed by atoms with E-state index in [0.717, 1.165) is 33.4 Å². The van der Waals surface area contributed by atoms with Crippen LogP contribution in [0, 0.1) is 5.41 Å². The molecule has 10 nitrogen and oxygen atoms in total. The third kappa shape index (κ3) is 4.59. The van der Waals surface area contributed by atoms with Gasteiger partial charge in [0.2, 0.25) is 5.91 Å². The molecule has 0 radical (unpaired) electrons. The summed E-state index contributed by atoms with van der Waals surface area (Å²) in [5.41, 5.74) is 7.17. The predicted molar refractivity (Wildman–Crippen MR) is 146 cm³/mol. The number of fused-ring (bicyclic) bond motifs is 2. The predicted octanol–water partition coefficient (Wildman–Crippen LogP) is 5.39. The van der Waals surface area contributed by atoms with Crippen molar-refractivity contribution in [2.24, 2.45) is 5.41 Å². The topological polar surface area (TPSA) is 138 Å². The van der Waals surface area contributed by atoms with Gasteiger partial charge in [0.15, 0.2) is 11.5 Å². The number of imidazole rings is 1. The molecular formula is C28H25N9O. The summed E-state index contributed by atoms with van der Waals surface area (Å²) >= 11 is 0. The second-order valence-corrected chi connectivity index (χ2v) is 10.3. The number of aromatic nitrogens is 8. The fraction of sp³-hybridized carbons (Fsp3) is 0.179. The molecule has 0 saturated carbocycles. The zero-order chi connectivity index (χ0) is 26.3. The SMILES string of the molecule is CC(C)(C)CC(=O)Nc1cncc(-c2ccc3[nH]nc(-c4nc5c(-c6ccccn6)cncc5[nH]4)c3n2)c1. The second-order valence-electron chi connectivity index (χ2n) is 10.3. The van der Waals surface area contributed by atoms with Gasteiger partial charge in [-0.05, 0) is 35.7 Å². The van der Waals surface area contributed by atoms with Gasteiger partial charge in [0.05, 0.1) is 40.5 Å². The monoisotopic (exact) mass is 503 g/mol. The molecule has 0 unspecified atom stereocenters. The largest absolute Gasteiger partial charge is 0.335 e. The average Bonchev–Trinajstić information content (AvgIpc) is 3.51. The Morgan fingerprint density at radius 2 is 1.79 bits per heavy atom. The first-order valence-electron chi connectivity index (χ1n) is 12.2. The first kappa shape index (κ1) is 23.4. The molecule has 1 amide bonds. The van der Waals surface area contributed by atoms with E-state index >= 15 is 0 Å². The van der Waals surface area contributed by atoms with Crippen LogP contribution in [0.25, 0.3) is 56.1 Å². The van der Waals surface area contributed by atoms with Gasteiger partial charge in [0.25, 0.3) is 0 Å². The normalized spacial score (nSPS) is 11.8. The Morgan fingerprint density at radius 1 is 0.921 bits per heavy atom. The molecule has 188 valence electrons. The lowest BCUT2D eigenvalue weighted by atomic mass is 9.92. The van der Waals surface area contributed by atoms with Crippen molar-refractivity contribution >= 4 is 33.7 Å². The summed E-state index contributed by atoms with van der Waals surface area (Å²) in [6.07, 6.45) is 9.00. The van der Waals surface area contributed by atoms with Gasteiger partial charge in [0.1, 0.15) is 11.0 Å². The summed E-state index contributed by atoms with van der Waals surface area (Å²) in [6.45, 7) is 6.09. The molecule has 6 aromatic heterocycles. The Balaban J connectivity index is 1.36. The van der Waals surface area contributed by atoms with Crippen LogP contribution >= 0.6 is 0 Å². The highest BCUT2D eigenvalue weighted by Gasteiger charge is 2.19. The fourth-order valence-electron chi connectivity index (χ4n) is 4.31. The summed E-state index contributed by atoms with van der Waals surface area (Å²) in [6, 6.07) is 11.4. The molecule has 0 fully saturated rings. The molecule has 0 saturated heterocycles. The van der Waals surface area contributed by atoms with Crippen molar-refractivity contribution in [3.05, 3.63) is 67.4 Å². The van der Waals surface area contributed by atoms with Crippen molar-refractivity contribution in [2.75, 3.05) is 5.32 Å². The number of H-pyrrole nitrogens is 2. The van der Waals surface area contributed by atoms with Crippen LogP contribution in [0.5, 0.6) is 0 Å². The maximum atomic E-state index is 12.4. The Bertz CT molecular complexity index is 1780. The molecule has 0 spiro atoms. The minimum absolute atomic E-state index is 0.0542. The van der Waals surface area contributed by atoms with Gasteiger partial charge in [-0.25, -0.2) is 9.97 Å². The fourth-order valence-corrected chi connectivity index (χ4v) is 4.31. The Labute approximate surface area is 218 Å². The Hall–Kier alpha value is -4.99. The molecule has 0 bridgehead atoms. The lowest BCUT2D eigenvalue weighted by Crippen LogP contribution is -2.19. The van der Waals surface area contributed by atoms with Crippen LogP contribution in [0.4, 0.5) is 5.69 Å². The highest BCUT2D eigenvalue weighted by Crippen LogP contribution is 2.31. The smallest absolute Gasteiger partial charge is 0.224 e. The van der Waals surface area contributed by atoms with E-state index in [4.69, 9.17) is 9.97 Å². The van der Waals surface area contributed by atoms with E-state index in [1.54, 1.807) is 31.0 Å². The van der Waals surface area contributed by atoms with Gasteiger partial charge in [-0.2, -0.15) is 5.10 Å². The van der Waals surface area contributed by atoms with E-state index in [9.17, 15) is 4.79 Å². The quantitative estimate of drug-likeness (QED) is 0.286. The maximum Gasteiger partial charge on any atom is 0.224 e. The van der Waals surface area contributed by atoms with Crippen molar-refractivity contribution in [2.45, 2.75) is 27.2 Å². The molecule has 10 heteroatoms. The number of carbonyl (C=O) groups is 1.